The van der Waals surface area contributed by atoms with Crippen LogP contribution in [0, 0.1) is 6.92 Å². The van der Waals surface area contributed by atoms with Crippen LogP contribution in [0.2, 0.25) is 0 Å². The topological polar surface area (TPSA) is 76.6 Å². The van der Waals surface area contributed by atoms with E-state index in [0.717, 1.165) is 11.3 Å². The average molecular weight is 316 g/mol. The molecule has 0 atom stereocenters. The van der Waals surface area contributed by atoms with E-state index in [1.165, 1.54) is 24.4 Å². The lowest BCUT2D eigenvalue weighted by atomic mass is 10.2. The molecule has 0 aliphatic carbocycles. The van der Waals surface area contributed by atoms with Gasteiger partial charge in [0.15, 0.2) is 5.75 Å². The van der Waals surface area contributed by atoms with Crippen molar-refractivity contribution in [3.8, 4) is 11.5 Å². The van der Waals surface area contributed by atoms with Crippen molar-refractivity contribution in [1.29, 1.82) is 0 Å². The second-order valence-corrected chi connectivity index (χ2v) is 4.91. The van der Waals surface area contributed by atoms with Crippen LogP contribution in [0.25, 0.3) is 0 Å². The summed E-state index contributed by atoms with van der Waals surface area (Å²) in [7, 11) is 3.21. The van der Waals surface area contributed by atoms with E-state index in [1.54, 1.807) is 7.05 Å². The summed E-state index contributed by atoms with van der Waals surface area (Å²) in [6.07, 6.45) is 2.98. The Labute approximate surface area is 135 Å². The summed E-state index contributed by atoms with van der Waals surface area (Å²) < 4.78 is 10.6. The van der Waals surface area contributed by atoms with Gasteiger partial charge in [-0.25, -0.2) is 14.8 Å². The summed E-state index contributed by atoms with van der Waals surface area (Å²) >= 11 is 0. The first kappa shape index (κ1) is 16.5. The van der Waals surface area contributed by atoms with E-state index < -0.39 is 0 Å². The number of benzene rings is 1. The Morgan fingerprint density at radius 3 is 2.61 bits per heavy atom. The van der Waals surface area contributed by atoms with Crippen molar-refractivity contribution in [3.63, 3.8) is 0 Å². The highest BCUT2D eigenvalue weighted by atomic mass is 16.5. The molecule has 1 aromatic heterocycles. The largest absolute Gasteiger partial charge is 0.494 e. The number of hydrogen-bond donors (Lipinski definition) is 1. The van der Waals surface area contributed by atoms with Gasteiger partial charge < -0.3 is 14.4 Å². The maximum absolute atomic E-state index is 12.0. The Balaban J connectivity index is 1.79. The number of amides is 2. The molecule has 0 aliphatic heterocycles. The van der Waals surface area contributed by atoms with Gasteiger partial charge in [-0.2, -0.15) is 0 Å². The molecule has 0 unspecified atom stereocenters. The van der Waals surface area contributed by atoms with Crippen LogP contribution in [0.1, 0.15) is 5.56 Å². The molecule has 1 heterocycles. The van der Waals surface area contributed by atoms with Crippen LogP contribution in [0.4, 0.5) is 10.7 Å². The number of carbonyl (C=O) groups excluding carboxylic acids is 1. The van der Waals surface area contributed by atoms with E-state index in [1.807, 2.05) is 31.2 Å². The van der Waals surface area contributed by atoms with E-state index in [9.17, 15) is 4.79 Å². The fraction of sp³-hybridized carbons (Fsp3) is 0.312. The van der Waals surface area contributed by atoms with E-state index in [-0.39, 0.29) is 12.0 Å². The third-order valence-corrected chi connectivity index (χ3v) is 3.21. The van der Waals surface area contributed by atoms with Crippen LogP contribution in [0.15, 0.2) is 36.7 Å². The first-order valence-corrected chi connectivity index (χ1v) is 7.16. The number of para-hydroxylation sites is 1. The Kier molecular flexibility index (Phi) is 5.74. The third-order valence-electron chi connectivity index (χ3n) is 3.21. The van der Waals surface area contributed by atoms with E-state index in [2.05, 4.69) is 15.3 Å². The monoisotopic (exact) mass is 316 g/mol. The molecule has 122 valence electrons. The summed E-state index contributed by atoms with van der Waals surface area (Å²) in [5, 5.41) is 2.61. The van der Waals surface area contributed by atoms with Crippen molar-refractivity contribution in [1.82, 2.24) is 14.9 Å². The van der Waals surface area contributed by atoms with Gasteiger partial charge in [0.25, 0.3) is 0 Å². The lowest BCUT2D eigenvalue weighted by Gasteiger charge is -2.18. The van der Waals surface area contributed by atoms with Crippen molar-refractivity contribution in [2.24, 2.45) is 0 Å². The highest BCUT2D eigenvalue weighted by Gasteiger charge is 2.10. The highest BCUT2D eigenvalue weighted by molar-refractivity contribution is 5.87. The Hall–Kier alpha value is -2.83. The van der Waals surface area contributed by atoms with Crippen molar-refractivity contribution in [2.45, 2.75) is 6.92 Å². The number of likely N-dealkylation sites (N-methyl/N-ethyl adjacent to an activating group) is 1. The summed E-state index contributed by atoms with van der Waals surface area (Å²) in [6, 6.07) is 7.45. The van der Waals surface area contributed by atoms with E-state index in [4.69, 9.17) is 9.47 Å². The number of methoxy groups -OCH3 is 1. The van der Waals surface area contributed by atoms with Crippen LogP contribution in [-0.4, -0.2) is 48.2 Å². The van der Waals surface area contributed by atoms with Gasteiger partial charge in [-0.15, -0.1) is 0 Å². The first-order valence-electron chi connectivity index (χ1n) is 7.16. The number of aryl methyl sites for hydroxylation is 1. The molecular weight excluding hydrogens is 296 g/mol. The van der Waals surface area contributed by atoms with Gasteiger partial charge in [-0.1, -0.05) is 18.2 Å². The van der Waals surface area contributed by atoms with Crippen LogP contribution in [0.3, 0.4) is 0 Å². The number of urea groups is 1. The molecule has 1 aromatic carbocycles. The SMILES string of the molecule is COc1cnc(NC(=O)N(C)CCOc2ccccc2C)nc1. The summed E-state index contributed by atoms with van der Waals surface area (Å²) in [6.45, 7) is 2.82. The second-order valence-electron chi connectivity index (χ2n) is 4.91. The van der Waals surface area contributed by atoms with Crippen LogP contribution in [-0.2, 0) is 0 Å². The molecule has 7 heteroatoms. The number of hydrogen-bond acceptors (Lipinski definition) is 5. The normalized spacial score (nSPS) is 10.0. The van der Waals surface area contributed by atoms with Gasteiger partial charge in [0.2, 0.25) is 5.95 Å². The number of ether oxygens (including phenoxy) is 2. The molecular formula is C16H20N4O3. The molecule has 23 heavy (non-hydrogen) atoms. The minimum absolute atomic E-state index is 0.225. The molecule has 0 saturated carbocycles. The zero-order valence-corrected chi connectivity index (χ0v) is 13.4. The predicted octanol–water partition coefficient (Wildman–Crippen LogP) is 2.34. The highest BCUT2D eigenvalue weighted by Crippen LogP contribution is 2.15. The van der Waals surface area contributed by atoms with Crippen molar-refractivity contribution in [3.05, 3.63) is 42.2 Å². The number of nitrogens with one attached hydrogen (secondary N) is 1. The maximum atomic E-state index is 12.0. The predicted molar refractivity (Wildman–Crippen MR) is 86.9 cm³/mol. The molecule has 0 bridgehead atoms. The van der Waals surface area contributed by atoms with Gasteiger partial charge in [-0.3, -0.25) is 5.32 Å². The van der Waals surface area contributed by atoms with E-state index >= 15 is 0 Å². The van der Waals surface area contributed by atoms with Crippen LogP contribution >= 0.6 is 0 Å². The second kappa shape index (κ2) is 7.98. The van der Waals surface area contributed by atoms with Gasteiger partial charge in [0.05, 0.1) is 26.0 Å². The Morgan fingerprint density at radius 1 is 1.26 bits per heavy atom. The number of carbonyl (C=O) groups is 1. The molecule has 1 N–H and O–H groups in total. The number of nitrogens with zero attached hydrogens (tertiary/aromatic N) is 3. The maximum Gasteiger partial charge on any atom is 0.324 e. The molecule has 0 saturated heterocycles. The number of anilines is 1. The average Bonchev–Trinajstić information content (AvgIpc) is 2.57. The van der Waals surface area contributed by atoms with Crippen molar-refractivity contribution >= 4 is 12.0 Å². The number of aromatic nitrogens is 2. The third kappa shape index (κ3) is 4.84. The summed E-state index contributed by atoms with van der Waals surface area (Å²) in [5.74, 6) is 1.57. The minimum atomic E-state index is -0.302. The lowest BCUT2D eigenvalue weighted by molar-refractivity contribution is 0.207. The molecule has 0 radical (unpaired) electrons. The molecule has 0 fully saturated rings. The van der Waals surface area contributed by atoms with E-state index in [0.29, 0.717) is 18.9 Å². The number of rotatable bonds is 6. The fourth-order valence-corrected chi connectivity index (χ4v) is 1.79. The van der Waals surface area contributed by atoms with Crippen molar-refractivity contribution in [2.75, 3.05) is 32.6 Å². The molecule has 7 nitrogen and oxygen atoms in total. The summed E-state index contributed by atoms with van der Waals surface area (Å²) in [5.41, 5.74) is 1.06. The van der Waals surface area contributed by atoms with Gasteiger partial charge in [0.1, 0.15) is 12.4 Å². The zero-order valence-electron chi connectivity index (χ0n) is 13.4. The van der Waals surface area contributed by atoms with Crippen LogP contribution in [0.5, 0.6) is 11.5 Å². The Morgan fingerprint density at radius 2 is 1.96 bits per heavy atom. The quantitative estimate of drug-likeness (QED) is 0.885. The minimum Gasteiger partial charge on any atom is -0.494 e. The van der Waals surface area contributed by atoms with Crippen LogP contribution < -0.4 is 14.8 Å². The first-order chi connectivity index (χ1) is 11.1. The Bertz CT molecular complexity index is 646. The summed E-state index contributed by atoms with van der Waals surface area (Å²) in [4.78, 5) is 21.5. The van der Waals surface area contributed by atoms with Gasteiger partial charge >= 0.3 is 6.03 Å². The molecule has 2 aromatic rings. The fourth-order valence-electron chi connectivity index (χ4n) is 1.79. The van der Waals surface area contributed by atoms with Gasteiger partial charge in [-0.05, 0) is 18.6 Å². The smallest absolute Gasteiger partial charge is 0.324 e. The molecule has 2 rings (SSSR count). The molecule has 0 spiro atoms. The standard InChI is InChI=1S/C16H20N4O3/c1-12-6-4-5-7-14(12)23-9-8-20(2)16(21)19-15-17-10-13(22-3)11-18-15/h4-7,10-11H,8-9H2,1-3H3,(H,17,18,19,21). The lowest BCUT2D eigenvalue weighted by Crippen LogP contribution is -2.35. The molecule has 0 aliphatic rings. The van der Waals surface area contributed by atoms with Gasteiger partial charge in [0, 0.05) is 7.05 Å². The molecule has 2 amide bonds. The zero-order chi connectivity index (χ0) is 16.7. The van der Waals surface area contributed by atoms with Crippen molar-refractivity contribution < 1.29 is 14.3 Å².